The number of rotatable bonds is 7. The number of hydrogen-bond acceptors (Lipinski definition) is 5. The minimum absolute atomic E-state index is 0.145. The number of benzene rings is 3. The van der Waals surface area contributed by atoms with Gasteiger partial charge in [0, 0.05) is 16.3 Å². The van der Waals surface area contributed by atoms with Crippen molar-refractivity contribution in [3.05, 3.63) is 95.5 Å². The minimum Gasteiger partial charge on any atom is -0.272 e. The number of carbonyl (C=O) groups excluding carboxylic acids is 1. The Bertz CT molecular complexity index is 1200. The summed E-state index contributed by atoms with van der Waals surface area (Å²) in [5, 5.41) is 13.9. The molecule has 0 saturated carbocycles. The van der Waals surface area contributed by atoms with E-state index in [2.05, 4.69) is 20.7 Å². The first-order valence-corrected chi connectivity index (χ1v) is 10.8. The van der Waals surface area contributed by atoms with Crippen LogP contribution < -0.4 is 5.43 Å². The highest BCUT2D eigenvalue weighted by molar-refractivity contribution is 7.99. The van der Waals surface area contributed by atoms with Crippen molar-refractivity contribution in [3.8, 4) is 17.1 Å². The van der Waals surface area contributed by atoms with E-state index in [1.54, 1.807) is 18.3 Å². The molecule has 0 unspecified atom stereocenters. The summed E-state index contributed by atoms with van der Waals surface area (Å²) in [4.78, 5) is 12.3. The summed E-state index contributed by atoms with van der Waals surface area (Å²) >= 11 is 7.24. The molecule has 1 amide bonds. The molecule has 0 spiro atoms. The molecule has 154 valence electrons. The van der Waals surface area contributed by atoms with Gasteiger partial charge in [0.15, 0.2) is 11.0 Å². The third kappa shape index (κ3) is 5.39. The molecule has 0 radical (unpaired) electrons. The van der Waals surface area contributed by atoms with E-state index in [4.69, 9.17) is 11.6 Å². The van der Waals surface area contributed by atoms with Crippen LogP contribution >= 0.6 is 23.4 Å². The summed E-state index contributed by atoms with van der Waals surface area (Å²) in [7, 11) is 0. The molecular formula is C23H18ClN5OS. The van der Waals surface area contributed by atoms with Crippen LogP contribution in [0.5, 0.6) is 0 Å². The Hall–Kier alpha value is -3.42. The van der Waals surface area contributed by atoms with Gasteiger partial charge < -0.3 is 0 Å². The van der Waals surface area contributed by atoms with Gasteiger partial charge in [-0.15, -0.1) is 10.2 Å². The highest BCUT2D eigenvalue weighted by Gasteiger charge is 2.16. The van der Waals surface area contributed by atoms with Gasteiger partial charge in [0.05, 0.1) is 12.0 Å². The summed E-state index contributed by atoms with van der Waals surface area (Å²) in [5.74, 6) is 0.618. The first-order valence-electron chi connectivity index (χ1n) is 9.47. The van der Waals surface area contributed by atoms with Crippen LogP contribution in [0.25, 0.3) is 17.1 Å². The molecule has 1 N–H and O–H groups in total. The molecule has 0 bridgehead atoms. The van der Waals surface area contributed by atoms with Crippen molar-refractivity contribution < 1.29 is 4.79 Å². The fraction of sp³-hybridized carbons (Fsp3) is 0.0435. The van der Waals surface area contributed by atoms with Gasteiger partial charge in [-0.25, -0.2) is 5.43 Å². The summed E-state index contributed by atoms with van der Waals surface area (Å²) in [6.45, 7) is 0. The van der Waals surface area contributed by atoms with Crippen LogP contribution in [0, 0.1) is 0 Å². The Labute approximate surface area is 189 Å². The topological polar surface area (TPSA) is 72.2 Å². The van der Waals surface area contributed by atoms with Crippen LogP contribution in [-0.4, -0.2) is 32.6 Å². The fourth-order valence-electron chi connectivity index (χ4n) is 2.88. The average Bonchev–Trinajstić information content (AvgIpc) is 3.23. The largest absolute Gasteiger partial charge is 0.272 e. The van der Waals surface area contributed by atoms with E-state index in [1.807, 2.05) is 77.4 Å². The third-order valence-electron chi connectivity index (χ3n) is 4.26. The van der Waals surface area contributed by atoms with E-state index >= 15 is 0 Å². The van der Waals surface area contributed by atoms with E-state index in [1.165, 1.54) is 11.8 Å². The SMILES string of the molecule is O=C(CSc1nnc(-c2ccccc2)n1-c1ccccc1)N/N=C\c1cccc(Cl)c1. The molecule has 4 rings (SSSR count). The monoisotopic (exact) mass is 447 g/mol. The highest BCUT2D eigenvalue weighted by atomic mass is 35.5. The number of thioether (sulfide) groups is 1. The molecule has 1 aromatic heterocycles. The van der Waals surface area contributed by atoms with Gasteiger partial charge >= 0.3 is 0 Å². The molecule has 3 aromatic carbocycles. The lowest BCUT2D eigenvalue weighted by molar-refractivity contribution is -0.118. The van der Waals surface area contributed by atoms with Gasteiger partial charge in [-0.2, -0.15) is 5.10 Å². The Morgan fingerprint density at radius 3 is 2.48 bits per heavy atom. The van der Waals surface area contributed by atoms with Gasteiger partial charge in [-0.1, -0.05) is 84.0 Å². The number of hydrogen-bond donors (Lipinski definition) is 1. The van der Waals surface area contributed by atoms with Gasteiger partial charge in [0.2, 0.25) is 0 Å². The number of halogens is 1. The number of nitrogens with zero attached hydrogens (tertiary/aromatic N) is 4. The standard InChI is InChI=1S/C23H18ClN5OS/c24-19-11-7-8-17(14-19)15-25-26-21(30)16-31-23-28-27-22(18-9-3-1-4-10-18)29(23)20-12-5-2-6-13-20/h1-15H,16H2,(H,26,30)/b25-15-. The van der Waals surface area contributed by atoms with E-state index in [-0.39, 0.29) is 11.7 Å². The number of para-hydroxylation sites is 1. The van der Waals surface area contributed by atoms with E-state index in [9.17, 15) is 4.79 Å². The van der Waals surface area contributed by atoms with Crippen LogP contribution in [0.15, 0.2) is 95.2 Å². The predicted molar refractivity (Wildman–Crippen MR) is 125 cm³/mol. The summed E-state index contributed by atoms with van der Waals surface area (Å²) in [5.41, 5.74) is 5.20. The molecule has 8 heteroatoms. The molecule has 1 heterocycles. The lowest BCUT2D eigenvalue weighted by Gasteiger charge is -2.10. The third-order valence-corrected chi connectivity index (χ3v) is 5.43. The average molecular weight is 448 g/mol. The molecule has 0 aliphatic heterocycles. The van der Waals surface area contributed by atoms with Crippen LogP contribution in [0.2, 0.25) is 5.02 Å². The lowest BCUT2D eigenvalue weighted by atomic mass is 10.2. The molecule has 0 fully saturated rings. The van der Waals surface area contributed by atoms with E-state index < -0.39 is 0 Å². The second-order valence-electron chi connectivity index (χ2n) is 6.48. The number of nitrogens with one attached hydrogen (secondary N) is 1. The van der Waals surface area contributed by atoms with Crippen molar-refractivity contribution in [3.63, 3.8) is 0 Å². The Morgan fingerprint density at radius 2 is 1.74 bits per heavy atom. The van der Waals surface area contributed by atoms with E-state index in [0.717, 1.165) is 16.8 Å². The van der Waals surface area contributed by atoms with Crippen molar-refractivity contribution in [2.45, 2.75) is 5.16 Å². The molecule has 0 aliphatic rings. The highest BCUT2D eigenvalue weighted by Crippen LogP contribution is 2.27. The molecule has 31 heavy (non-hydrogen) atoms. The zero-order chi connectivity index (χ0) is 21.5. The quantitative estimate of drug-likeness (QED) is 0.250. The normalized spacial score (nSPS) is 11.0. The Morgan fingerprint density at radius 1 is 1.00 bits per heavy atom. The maximum absolute atomic E-state index is 12.3. The predicted octanol–water partition coefficient (Wildman–Crippen LogP) is 4.83. The van der Waals surface area contributed by atoms with Crippen LogP contribution in [0.4, 0.5) is 0 Å². The fourth-order valence-corrected chi connectivity index (χ4v) is 3.82. The van der Waals surface area contributed by atoms with Crippen molar-refractivity contribution in [2.75, 3.05) is 5.75 Å². The Kier molecular flexibility index (Phi) is 6.76. The number of hydrazone groups is 1. The molecule has 0 atom stereocenters. The number of carbonyl (C=O) groups is 1. The summed E-state index contributed by atoms with van der Waals surface area (Å²) < 4.78 is 1.95. The smallest absolute Gasteiger partial charge is 0.250 e. The van der Waals surface area contributed by atoms with Crippen molar-refractivity contribution in [1.29, 1.82) is 0 Å². The number of amides is 1. The number of aromatic nitrogens is 3. The zero-order valence-corrected chi connectivity index (χ0v) is 17.9. The molecule has 4 aromatic rings. The Balaban J connectivity index is 1.48. The van der Waals surface area contributed by atoms with E-state index in [0.29, 0.717) is 16.0 Å². The first-order chi connectivity index (χ1) is 15.2. The van der Waals surface area contributed by atoms with Crippen LogP contribution in [0.3, 0.4) is 0 Å². The van der Waals surface area contributed by atoms with Crippen molar-refractivity contribution in [2.24, 2.45) is 5.10 Å². The van der Waals surface area contributed by atoms with Gasteiger partial charge in [-0.3, -0.25) is 9.36 Å². The zero-order valence-electron chi connectivity index (χ0n) is 16.4. The lowest BCUT2D eigenvalue weighted by Crippen LogP contribution is -2.20. The maximum atomic E-state index is 12.3. The second-order valence-corrected chi connectivity index (χ2v) is 7.86. The molecule has 6 nitrogen and oxygen atoms in total. The maximum Gasteiger partial charge on any atom is 0.250 e. The van der Waals surface area contributed by atoms with Crippen LogP contribution in [0.1, 0.15) is 5.56 Å². The van der Waals surface area contributed by atoms with Crippen molar-refractivity contribution in [1.82, 2.24) is 20.2 Å². The summed E-state index contributed by atoms with van der Waals surface area (Å²) in [6.07, 6.45) is 1.55. The first kappa shape index (κ1) is 20.8. The van der Waals surface area contributed by atoms with Gasteiger partial charge in [0.1, 0.15) is 0 Å². The molecule has 0 aliphatic carbocycles. The second kappa shape index (κ2) is 10.1. The summed E-state index contributed by atoms with van der Waals surface area (Å²) in [6, 6.07) is 26.9. The van der Waals surface area contributed by atoms with Crippen LogP contribution in [-0.2, 0) is 4.79 Å². The minimum atomic E-state index is -0.243. The van der Waals surface area contributed by atoms with Crippen molar-refractivity contribution >= 4 is 35.5 Å². The molecule has 0 saturated heterocycles. The molecular weight excluding hydrogens is 430 g/mol. The van der Waals surface area contributed by atoms with Gasteiger partial charge in [-0.05, 0) is 29.8 Å². The van der Waals surface area contributed by atoms with Gasteiger partial charge in [0.25, 0.3) is 5.91 Å².